The van der Waals surface area contributed by atoms with Crippen LogP contribution in [0.4, 0.5) is 0 Å². The number of hydrogen-bond acceptors (Lipinski definition) is 1. The molecule has 1 heterocycles. The minimum atomic E-state index is -0.553. The van der Waals surface area contributed by atoms with Crippen LogP contribution in [0.1, 0.15) is 12.6 Å². The van der Waals surface area contributed by atoms with Crippen molar-refractivity contribution in [3.05, 3.63) is 33.7 Å². The first kappa shape index (κ1) is 3.88. The Bertz CT molecular complexity index is 314. The zero-order valence-corrected chi connectivity index (χ0v) is 5.43. The van der Waals surface area contributed by atoms with E-state index in [1.165, 1.54) is 0 Å². The summed E-state index contributed by atoms with van der Waals surface area (Å²) >= 11 is 0. The molecule has 0 aromatic carbocycles. The Balaban J connectivity index is 3.59. The second-order valence-corrected chi connectivity index (χ2v) is 2.01. The lowest BCUT2D eigenvalue weighted by Crippen LogP contribution is -2.05. The van der Waals surface area contributed by atoms with Crippen molar-refractivity contribution in [1.82, 2.24) is 4.98 Å². The lowest BCUT2D eigenvalue weighted by atomic mass is 10.2. The van der Waals surface area contributed by atoms with E-state index in [-0.39, 0.29) is 6.04 Å². The van der Waals surface area contributed by atoms with Gasteiger partial charge in [0.05, 0.1) is 1.37 Å². The molecule has 0 saturated heterocycles. The van der Waals surface area contributed by atoms with Gasteiger partial charge in [-0.25, -0.2) is 0 Å². The van der Waals surface area contributed by atoms with Gasteiger partial charge in [-0.15, -0.1) is 0 Å². The molecule has 1 aromatic heterocycles. The number of pyridine rings is 1. The molecule has 2 heteroatoms. The zero-order valence-electron chi connectivity index (χ0n) is 7.43. The van der Waals surface area contributed by atoms with E-state index in [0.29, 0.717) is 11.3 Å². The number of H-pyrrole nitrogens is 1. The van der Waals surface area contributed by atoms with Crippen LogP contribution in [-0.4, -0.2) is 4.98 Å². The first-order valence-corrected chi connectivity index (χ1v) is 2.73. The Hall–Kier alpha value is -1.05. The molecule has 1 N–H and O–H groups in total. The summed E-state index contributed by atoms with van der Waals surface area (Å²) in [5, 5.41) is 0. The normalized spacial score (nSPS) is 12.7. The maximum absolute atomic E-state index is 11.0. The summed E-state index contributed by atoms with van der Waals surface area (Å²) < 4.78 is 14.4. The van der Waals surface area contributed by atoms with Crippen molar-refractivity contribution in [1.29, 1.82) is 0 Å². The molecule has 0 amide bonds. The molecule has 0 spiro atoms. The molecule has 0 aliphatic rings. The van der Waals surface area contributed by atoms with Crippen molar-refractivity contribution >= 4 is 0 Å². The average molecular weight is 125 g/mol. The molecule has 0 unspecified atom stereocenters. The van der Waals surface area contributed by atoms with Crippen LogP contribution < -0.4 is 5.56 Å². The van der Waals surface area contributed by atoms with Crippen LogP contribution in [0.2, 0.25) is 1.41 Å². The second-order valence-electron chi connectivity index (χ2n) is 2.01. The van der Waals surface area contributed by atoms with Crippen molar-refractivity contribution in [3.8, 4) is 0 Å². The van der Waals surface area contributed by atoms with Gasteiger partial charge < -0.3 is 4.98 Å². The van der Waals surface area contributed by atoms with Crippen LogP contribution in [0.5, 0.6) is 0 Å². The standard InChI is InChI=1S/C7H9NO/c1-5-3-6(2)8-7(9)4-5/h3-4H,1-2H3,(H,8,9)/i4D/hD. The highest BCUT2D eigenvalue weighted by Gasteiger charge is 1.86. The summed E-state index contributed by atoms with van der Waals surface area (Å²) in [5.74, 6) is 0. The molecule has 1 rings (SSSR count). The van der Waals surface area contributed by atoms with Gasteiger partial charge in [0.1, 0.15) is 0 Å². The van der Waals surface area contributed by atoms with Crippen LogP contribution in [-0.2, 0) is 0 Å². The van der Waals surface area contributed by atoms with Crippen molar-refractivity contribution in [2.75, 3.05) is 0 Å². The van der Waals surface area contributed by atoms with Crippen LogP contribution >= 0.6 is 0 Å². The van der Waals surface area contributed by atoms with Crippen molar-refractivity contribution in [2.45, 2.75) is 13.8 Å². The van der Waals surface area contributed by atoms with Crippen LogP contribution in [0.3, 0.4) is 0 Å². The van der Waals surface area contributed by atoms with E-state index < -0.39 is 5.56 Å². The van der Waals surface area contributed by atoms with E-state index in [0.717, 1.165) is 4.98 Å². The van der Waals surface area contributed by atoms with Gasteiger partial charge in [-0.1, -0.05) is 0 Å². The Morgan fingerprint density at radius 3 is 3.11 bits per heavy atom. The SMILES string of the molecule is [2H]c1c(C)cc(C)n([2H])c1=O. The molecular formula is C7H9NO. The quantitative estimate of drug-likeness (QED) is 0.551. The second kappa shape index (κ2) is 2.05. The van der Waals surface area contributed by atoms with Crippen molar-refractivity contribution in [3.63, 3.8) is 0 Å². The zero-order chi connectivity index (χ0) is 8.59. The van der Waals surface area contributed by atoms with E-state index in [2.05, 4.69) is 0 Å². The Labute approximate surface area is 56.4 Å². The molecule has 0 atom stereocenters. The monoisotopic (exact) mass is 125 g/mol. The molecule has 1 aromatic rings. The number of aromatic amines is 1. The van der Waals surface area contributed by atoms with Gasteiger partial charge >= 0.3 is 0 Å². The fourth-order valence-corrected chi connectivity index (χ4v) is 0.738. The fraction of sp³-hybridized carbons (Fsp3) is 0.286. The minimum absolute atomic E-state index is 0.0920. The van der Waals surface area contributed by atoms with Gasteiger partial charge in [-0.05, 0) is 25.5 Å². The smallest absolute Gasteiger partial charge is 0.248 e. The third kappa shape index (κ3) is 1.42. The van der Waals surface area contributed by atoms with Gasteiger partial charge in [-0.2, -0.15) is 0 Å². The lowest BCUT2D eigenvalue weighted by molar-refractivity contribution is 1.12. The minimum Gasteiger partial charge on any atom is -0.327 e. The summed E-state index contributed by atoms with van der Waals surface area (Å²) in [7, 11) is 0. The largest absolute Gasteiger partial charge is 0.327 e. The number of hydrogen-bond donors (Lipinski definition) is 1. The number of rotatable bonds is 0. The van der Waals surface area contributed by atoms with Gasteiger partial charge in [0.2, 0.25) is 5.56 Å². The number of aryl methyl sites for hydroxylation is 2. The van der Waals surface area contributed by atoms with E-state index >= 15 is 0 Å². The molecule has 2 nitrogen and oxygen atoms in total. The molecule has 0 saturated carbocycles. The molecular weight excluding hydrogens is 114 g/mol. The molecule has 0 aliphatic heterocycles. The Morgan fingerprint density at radius 2 is 2.44 bits per heavy atom. The van der Waals surface area contributed by atoms with Crippen LogP contribution in [0, 0.1) is 13.8 Å². The molecule has 0 radical (unpaired) electrons. The van der Waals surface area contributed by atoms with E-state index in [1.54, 1.807) is 19.9 Å². The number of nitrogens with one attached hydrogen (secondary N) is 1. The van der Waals surface area contributed by atoms with E-state index in [1.807, 2.05) is 0 Å². The van der Waals surface area contributed by atoms with Crippen molar-refractivity contribution in [2.24, 2.45) is 0 Å². The molecule has 48 valence electrons. The van der Waals surface area contributed by atoms with Crippen LogP contribution in [0.25, 0.3) is 0 Å². The fourth-order valence-electron chi connectivity index (χ4n) is 0.738. The highest BCUT2D eigenvalue weighted by molar-refractivity contribution is 5.12. The Morgan fingerprint density at radius 1 is 1.78 bits per heavy atom. The summed E-state index contributed by atoms with van der Waals surface area (Å²) in [4.78, 5) is 11.7. The highest BCUT2D eigenvalue weighted by atomic mass is 16.1. The molecule has 0 aliphatic carbocycles. The predicted octanol–water partition coefficient (Wildman–Crippen LogP) is 0.992. The summed E-state index contributed by atoms with van der Waals surface area (Å²) in [6.45, 7) is 3.36. The maximum atomic E-state index is 11.0. The maximum Gasteiger partial charge on any atom is 0.248 e. The molecule has 0 fully saturated rings. The third-order valence-electron chi connectivity index (χ3n) is 1.01. The first-order chi connectivity index (χ1) is 5.04. The van der Waals surface area contributed by atoms with Crippen LogP contribution in [0.15, 0.2) is 16.9 Å². The van der Waals surface area contributed by atoms with Gasteiger partial charge in [0, 0.05) is 11.7 Å². The lowest BCUT2D eigenvalue weighted by Gasteiger charge is -1.91. The first-order valence-electron chi connectivity index (χ1n) is 3.68. The summed E-state index contributed by atoms with van der Waals surface area (Å²) in [5.41, 5.74) is 0.627. The molecule has 9 heavy (non-hydrogen) atoms. The van der Waals surface area contributed by atoms with Gasteiger partial charge in [0.15, 0.2) is 1.41 Å². The van der Waals surface area contributed by atoms with E-state index in [4.69, 9.17) is 2.78 Å². The van der Waals surface area contributed by atoms with Gasteiger partial charge in [-0.3, -0.25) is 4.79 Å². The van der Waals surface area contributed by atoms with E-state index in [9.17, 15) is 4.79 Å². The third-order valence-corrected chi connectivity index (χ3v) is 1.01. The Kier molecular flexibility index (Phi) is 0.884. The topological polar surface area (TPSA) is 32.9 Å². The van der Waals surface area contributed by atoms with Crippen molar-refractivity contribution < 1.29 is 2.78 Å². The average Bonchev–Trinajstić information content (AvgIpc) is 1.97. The summed E-state index contributed by atoms with van der Waals surface area (Å²) in [6, 6.07) is 1.56. The molecule has 0 bridgehead atoms. The number of aromatic nitrogens is 1. The highest BCUT2D eigenvalue weighted by Crippen LogP contribution is 1.92. The predicted molar refractivity (Wildman–Crippen MR) is 36.5 cm³/mol. The van der Waals surface area contributed by atoms with Gasteiger partial charge in [0.25, 0.3) is 0 Å². The summed E-state index contributed by atoms with van der Waals surface area (Å²) in [6.07, 6.45) is 0.